The van der Waals surface area contributed by atoms with Gasteiger partial charge in [-0.1, -0.05) is 0 Å². The smallest absolute Gasteiger partial charge is 0.263 e. The maximum Gasteiger partial charge on any atom is 0.263 e. The summed E-state index contributed by atoms with van der Waals surface area (Å²) in [5.41, 5.74) is 2.46. The summed E-state index contributed by atoms with van der Waals surface area (Å²) < 4.78 is 1.80. The fraction of sp³-hybridized carbons (Fsp3) is 0.364. The van der Waals surface area contributed by atoms with E-state index < -0.39 is 0 Å². The van der Waals surface area contributed by atoms with Crippen molar-refractivity contribution >= 4 is 17.2 Å². The molecule has 6 heteroatoms. The van der Waals surface area contributed by atoms with Crippen molar-refractivity contribution in [3.05, 3.63) is 34.5 Å². The molecule has 0 saturated carbocycles. The van der Waals surface area contributed by atoms with Gasteiger partial charge in [-0.3, -0.25) is 9.48 Å². The normalized spacial score (nSPS) is 12.4. The Labute approximate surface area is 103 Å². The van der Waals surface area contributed by atoms with Gasteiger partial charge >= 0.3 is 0 Å². The minimum Gasteiger partial charge on any atom is -0.347 e. The average Bonchev–Trinajstić information content (AvgIpc) is 2.88. The van der Waals surface area contributed by atoms with Gasteiger partial charge in [0.25, 0.3) is 5.91 Å². The number of carbonyl (C=O) groups is 1. The van der Waals surface area contributed by atoms with Crippen LogP contribution in [0.25, 0.3) is 0 Å². The molecule has 0 aromatic carbocycles. The van der Waals surface area contributed by atoms with Crippen LogP contribution in [-0.4, -0.2) is 26.7 Å². The van der Waals surface area contributed by atoms with E-state index >= 15 is 0 Å². The Morgan fingerprint density at radius 2 is 2.47 bits per heavy atom. The van der Waals surface area contributed by atoms with E-state index in [-0.39, 0.29) is 11.9 Å². The number of hydrogen-bond acceptors (Lipinski definition) is 4. The van der Waals surface area contributed by atoms with E-state index in [0.717, 1.165) is 5.69 Å². The number of aromatic nitrogens is 3. The lowest BCUT2D eigenvalue weighted by molar-refractivity contribution is 0.0939. The van der Waals surface area contributed by atoms with Crippen LogP contribution < -0.4 is 5.32 Å². The van der Waals surface area contributed by atoms with Crippen LogP contribution in [0, 0.1) is 6.92 Å². The van der Waals surface area contributed by atoms with Gasteiger partial charge in [-0.15, -0.1) is 11.3 Å². The lowest BCUT2D eigenvalue weighted by atomic mass is 10.3. The lowest BCUT2D eigenvalue weighted by Crippen LogP contribution is -2.35. The Morgan fingerprint density at radius 1 is 1.65 bits per heavy atom. The van der Waals surface area contributed by atoms with E-state index in [9.17, 15) is 4.79 Å². The van der Waals surface area contributed by atoms with Gasteiger partial charge in [0.2, 0.25) is 0 Å². The van der Waals surface area contributed by atoms with E-state index in [1.807, 2.05) is 26.1 Å². The summed E-state index contributed by atoms with van der Waals surface area (Å²) in [5.74, 6) is -0.0651. The molecule has 1 N–H and O–H groups in total. The summed E-state index contributed by atoms with van der Waals surface area (Å²) in [4.78, 5) is 16.6. The molecule has 2 rings (SSSR count). The molecular formula is C11H14N4OS. The second-order valence-electron chi connectivity index (χ2n) is 3.87. The molecule has 1 amide bonds. The zero-order valence-electron chi connectivity index (χ0n) is 9.75. The molecule has 0 aliphatic carbocycles. The summed E-state index contributed by atoms with van der Waals surface area (Å²) in [6.45, 7) is 4.45. The molecule has 0 radical (unpaired) electrons. The van der Waals surface area contributed by atoms with Gasteiger partial charge in [-0.25, -0.2) is 4.98 Å². The van der Waals surface area contributed by atoms with Gasteiger partial charge in [-0.05, 0) is 19.9 Å². The highest BCUT2D eigenvalue weighted by Crippen LogP contribution is 2.11. The molecule has 0 saturated heterocycles. The Hall–Kier alpha value is -1.69. The van der Waals surface area contributed by atoms with Gasteiger partial charge in [0.15, 0.2) is 0 Å². The van der Waals surface area contributed by atoms with Crippen LogP contribution in [0.5, 0.6) is 0 Å². The number of amides is 1. The summed E-state index contributed by atoms with van der Waals surface area (Å²) in [5, 5.41) is 7.03. The summed E-state index contributed by atoms with van der Waals surface area (Å²) in [6, 6.07) is 1.89. The van der Waals surface area contributed by atoms with Crippen molar-refractivity contribution in [3.8, 4) is 0 Å². The first kappa shape index (κ1) is 11.8. The van der Waals surface area contributed by atoms with Gasteiger partial charge in [-0.2, -0.15) is 5.10 Å². The van der Waals surface area contributed by atoms with Gasteiger partial charge in [0.05, 0.1) is 17.7 Å². The van der Waals surface area contributed by atoms with Crippen LogP contribution in [-0.2, 0) is 6.54 Å². The monoisotopic (exact) mass is 250 g/mol. The summed E-state index contributed by atoms with van der Waals surface area (Å²) >= 11 is 1.36. The molecule has 1 atom stereocenters. The van der Waals surface area contributed by atoms with Crippen molar-refractivity contribution in [2.24, 2.45) is 0 Å². The van der Waals surface area contributed by atoms with E-state index in [4.69, 9.17) is 0 Å². The Morgan fingerprint density at radius 3 is 3.06 bits per heavy atom. The molecule has 17 heavy (non-hydrogen) atoms. The van der Waals surface area contributed by atoms with Gasteiger partial charge in [0.1, 0.15) is 4.88 Å². The number of thiazole rings is 1. The molecule has 0 aliphatic rings. The van der Waals surface area contributed by atoms with Crippen molar-refractivity contribution < 1.29 is 4.79 Å². The summed E-state index contributed by atoms with van der Waals surface area (Å²) in [7, 11) is 0. The van der Waals surface area contributed by atoms with Crippen molar-refractivity contribution in [2.75, 3.05) is 0 Å². The molecule has 2 heterocycles. The Kier molecular flexibility index (Phi) is 3.53. The SMILES string of the molecule is Cc1ncsc1C(=O)NC(C)Cn1cccn1. The van der Waals surface area contributed by atoms with Crippen molar-refractivity contribution in [3.63, 3.8) is 0 Å². The minimum absolute atomic E-state index is 0.0314. The van der Waals surface area contributed by atoms with Crippen LogP contribution in [0.15, 0.2) is 24.0 Å². The number of carbonyl (C=O) groups excluding carboxylic acids is 1. The first-order valence-electron chi connectivity index (χ1n) is 5.35. The second-order valence-corrected chi connectivity index (χ2v) is 4.72. The van der Waals surface area contributed by atoms with E-state index in [0.29, 0.717) is 11.4 Å². The summed E-state index contributed by atoms with van der Waals surface area (Å²) in [6.07, 6.45) is 3.60. The maximum atomic E-state index is 11.9. The maximum absolute atomic E-state index is 11.9. The molecule has 2 aromatic rings. The highest BCUT2D eigenvalue weighted by Gasteiger charge is 2.14. The zero-order chi connectivity index (χ0) is 12.3. The predicted molar refractivity (Wildman–Crippen MR) is 66.0 cm³/mol. The fourth-order valence-corrected chi connectivity index (χ4v) is 2.25. The number of rotatable bonds is 4. The highest BCUT2D eigenvalue weighted by molar-refractivity contribution is 7.11. The second kappa shape index (κ2) is 5.09. The minimum atomic E-state index is -0.0651. The highest BCUT2D eigenvalue weighted by atomic mass is 32.1. The van der Waals surface area contributed by atoms with E-state index in [1.165, 1.54) is 11.3 Å². The molecule has 2 aromatic heterocycles. The third kappa shape index (κ3) is 2.91. The average molecular weight is 250 g/mol. The van der Waals surface area contributed by atoms with Crippen LogP contribution in [0.3, 0.4) is 0 Å². The van der Waals surface area contributed by atoms with Crippen molar-refractivity contribution in [1.29, 1.82) is 0 Å². The fourth-order valence-electron chi connectivity index (χ4n) is 1.54. The van der Waals surface area contributed by atoms with Crippen molar-refractivity contribution in [2.45, 2.75) is 26.4 Å². The van der Waals surface area contributed by atoms with Crippen LogP contribution in [0.1, 0.15) is 22.3 Å². The largest absolute Gasteiger partial charge is 0.347 e. The first-order chi connectivity index (χ1) is 8.16. The quantitative estimate of drug-likeness (QED) is 0.893. The number of aryl methyl sites for hydroxylation is 1. The van der Waals surface area contributed by atoms with Crippen molar-refractivity contribution in [1.82, 2.24) is 20.1 Å². The molecular weight excluding hydrogens is 236 g/mol. The Bertz CT molecular complexity index is 491. The molecule has 90 valence electrons. The first-order valence-corrected chi connectivity index (χ1v) is 6.23. The van der Waals surface area contributed by atoms with E-state index in [2.05, 4.69) is 15.4 Å². The molecule has 5 nitrogen and oxygen atoms in total. The standard InChI is InChI=1S/C11H14N4OS/c1-8(6-15-5-3-4-13-15)14-11(16)10-9(2)12-7-17-10/h3-5,7-8H,6H2,1-2H3,(H,14,16). The van der Waals surface area contributed by atoms with Gasteiger partial charge in [0, 0.05) is 18.4 Å². The van der Waals surface area contributed by atoms with Crippen LogP contribution in [0.2, 0.25) is 0 Å². The third-order valence-corrected chi connectivity index (χ3v) is 3.28. The van der Waals surface area contributed by atoms with Crippen LogP contribution >= 0.6 is 11.3 Å². The molecule has 0 fully saturated rings. The number of hydrogen-bond donors (Lipinski definition) is 1. The van der Waals surface area contributed by atoms with E-state index in [1.54, 1.807) is 16.4 Å². The number of nitrogens with zero attached hydrogens (tertiary/aromatic N) is 3. The third-order valence-electron chi connectivity index (χ3n) is 2.35. The molecule has 1 unspecified atom stereocenters. The van der Waals surface area contributed by atoms with Crippen LogP contribution in [0.4, 0.5) is 0 Å². The topological polar surface area (TPSA) is 59.8 Å². The Balaban J connectivity index is 1.93. The lowest BCUT2D eigenvalue weighted by Gasteiger charge is -2.13. The number of nitrogens with one attached hydrogen (secondary N) is 1. The molecule has 0 aliphatic heterocycles. The molecule has 0 spiro atoms. The molecule has 0 bridgehead atoms. The zero-order valence-corrected chi connectivity index (χ0v) is 10.6. The van der Waals surface area contributed by atoms with Gasteiger partial charge < -0.3 is 5.32 Å². The predicted octanol–water partition coefficient (Wildman–Crippen LogP) is 1.47.